The number of aromatic nitrogens is 4. The molecule has 0 saturated heterocycles. The van der Waals surface area contributed by atoms with E-state index in [1.54, 1.807) is 24.4 Å². The fourth-order valence-electron chi connectivity index (χ4n) is 2.91. The van der Waals surface area contributed by atoms with Gasteiger partial charge in [-0.15, -0.1) is 0 Å². The van der Waals surface area contributed by atoms with Crippen LogP contribution in [0.2, 0.25) is 0 Å². The predicted molar refractivity (Wildman–Crippen MR) is 108 cm³/mol. The largest absolute Gasteiger partial charge is 0.473 e. The van der Waals surface area contributed by atoms with Crippen LogP contribution in [0.4, 0.5) is 0 Å². The molecule has 0 fully saturated rings. The normalized spacial score (nSPS) is 10.8. The smallest absolute Gasteiger partial charge is 0.251 e. The number of carbonyl (C=O) groups is 1. The molecule has 0 atom stereocenters. The molecule has 3 heterocycles. The van der Waals surface area contributed by atoms with Gasteiger partial charge in [-0.2, -0.15) is 0 Å². The Hall–Kier alpha value is -3.78. The molecule has 8 heteroatoms. The van der Waals surface area contributed by atoms with E-state index in [2.05, 4.69) is 25.3 Å². The Labute approximate surface area is 167 Å². The van der Waals surface area contributed by atoms with Crippen LogP contribution in [0.25, 0.3) is 11.0 Å². The SMILES string of the molecule is NCc1cc(OCc2cccc(C(=O)NCc3cc4cccnc4[nH]3)c2)ncn1. The van der Waals surface area contributed by atoms with Gasteiger partial charge in [0, 0.05) is 35.5 Å². The Kier molecular flexibility index (Phi) is 5.44. The van der Waals surface area contributed by atoms with E-state index < -0.39 is 0 Å². The molecule has 0 saturated carbocycles. The summed E-state index contributed by atoms with van der Waals surface area (Å²) in [5.74, 6) is 0.286. The zero-order valence-corrected chi connectivity index (χ0v) is 15.6. The number of H-pyrrole nitrogens is 1. The summed E-state index contributed by atoms with van der Waals surface area (Å²) in [5, 5.41) is 3.93. The fraction of sp³-hybridized carbons (Fsp3) is 0.143. The first-order chi connectivity index (χ1) is 14.2. The van der Waals surface area contributed by atoms with Crippen LogP contribution in [0.15, 0.2) is 61.1 Å². The lowest BCUT2D eigenvalue weighted by Crippen LogP contribution is -2.23. The number of nitrogens with zero attached hydrogens (tertiary/aromatic N) is 3. The number of pyridine rings is 1. The lowest BCUT2D eigenvalue weighted by Gasteiger charge is -2.08. The van der Waals surface area contributed by atoms with Gasteiger partial charge in [-0.05, 0) is 35.9 Å². The van der Waals surface area contributed by atoms with Gasteiger partial charge in [-0.25, -0.2) is 15.0 Å². The molecule has 0 aliphatic rings. The molecule has 1 amide bonds. The molecular weight excluding hydrogens is 368 g/mol. The van der Waals surface area contributed by atoms with E-state index in [0.717, 1.165) is 22.3 Å². The standard InChI is InChI=1S/C21H20N6O2/c22-10-17-9-19(26-13-25-17)29-12-14-3-1-4-16(7-14)21(28)24-11-18-8-15-5-2-6-23-20(15)27-18/h1-9,13H,10-12,22H2,(H,23,27)(H,24,28). The third-order valence-corrected chi connectivity index (χ3v) is 4.37. The molecular formula is C21H20N6O2. The number of fused-ring (bicyclic) bond motifs is 1. The van der Waals surface area contributed by atoms with E-state index in [9.17, 15) is 4.79 Å². The van der Waals surface area contributed by atoms with Gasteiger partial charge in [0.05, 0.1) is 12.2 Å². The van der Waals surface area contributed by atoms with E-state index in [1.165, 1.54) is 6.33 Å². The van der Waals surface area contributed by atoms with Crippen molar-refractivity contribution < 1.29 is 9.53 Å². The molecule has 0 aliphatic carbocycles. The molecule has 4 N–H and O–H groups in total. The van der Waals surface area contributed by atoms with E-state index in [-0.39, 0.29) is 12.5 Å². The van der Waals surface area contributed by atoms with Crippen molar-refractivity contribution in [2.75, 3.05) is 0 Å². The highest BCUT2D eigenvalue weighted by Crippen LogP contribution is 2.13. The van der Waals surface area contributed by atoms with Crippen molar-refractivity contribution in [3.63, 3.8) is 0 Å². The van der Waals surface area contributed by atoms with Gasteiger partial charge in [-0.1, -0.05) is 12.1 Å². The Bertz CT molecular complexity index is 1110. The summed E-state index contributed by atoms with van der Waals surface area (Å²) in [4.78, 5) is 28.1. The highest BCUT2D eigenvalue weighted by Gasteiger charge is 2.08. The number of carbonyl (C=O) groups excluding carboxylic acids is 1. The molecule has 29 heavy (non-hydrogen) atoms. The fourth-order valence-corrected chi connectivity index (χ4v) is 2.91. The van der Waals surface area contributed by atoms with E-state index >= 15 is 0 Å². The minimum atomic E-state index is -0.161. The molecule has 1 aromatic carbocycles. The number of amides is 1. The van der Waals surface area contributed by atoms with Crippen molar-refractivity contribution in [2.45, 2.75) is 19.7 Å². The van der Waals surface area contributed by atoms with Crippen LogP contribution in [0.1, 0.15) is 27.3 Å². The summed E-state index contributed by atoms with van der Waals surface area (Å²) in [7, 11) is 0. The highest BCUT2D eigenvalue weighted by atomic mass is 16.5. The maximum atomic E-state index is 12.5. The zero-order valence-electron chi connectivity index (χ0n) is 15.6. The van der Waals surface area contributed by atoms with Crippen LogP contribution in [-0.4, -0.2) is 25.8 Å². The Morgan fingerprint density at radius 3 is 2.90 bits per heavy atom. The second kappa shape index (κ2) is 8.49. The quantitative estimate of drug-likeness (QED) is 0.447. The monoisotopic (exact) mass is 388 g/mol. The van der Waals surface area contributed by atoms with Crippen molar-refractivity contribution >= 4 is 16.9 Å². The van der Waals surface area contributed by atoms with Gasteiger partial charge in [0.25, 0.3) is 5.91 Å². The first-order valence-electron chi connectivity index (χ1n) is 9.15. The van der Waals surface area contributed by atoms with Gasteiger partial charge in [0.1, 0.15) is 18.6 Å². The summed E-state index contributed by atoms with van der Waals surface area (Å²) in [6.07, 6.45) is 3.15. The molecule has 0 bridgehead atoms. The summed E-state index contributed by atoms with van der Waals surface area (Å²) in [6, 6.07) is 14.8. The molecule has 0 radical (unpaired) electrons. The van der Waals surface area contributed by atoms with Crippen LogP contribution < -0.4 is 15.8 Å². The Morgan fingerprint density at radius 1 is 1.10 bits per heavy atom. The third kappa shape index (κ3) is 4.56. The van der Waals surface area contributed by atoms with E-state index in [1.807, 2.05) is 30.3 Å². The second-order valence-electron chi connectivity index (χ2n) is 6.46. The Morgan fingerprint density at radius 2 is 2.03 bits per heavy atom. The summed E-state index contributed by atoms with van der Waals surface area (Å²) < 4.78 is 5.68. The minimum Gasteiger partial charge on any atom is -0.473 e. The summed E-state index contributed by atoms with van der Waals surface area (Å²) in [6.45, 7) is 0.996. The highest BCUT2D eigenvalue weighted by molar-refractivity contribution is 5.94. The Balaban J connectivity index is 1.37. The van der Waals surface area contributed by atoms with E-state index in [4.69, 9.17) is 10.5 Å². The number of ether oxygens (including phenoxy) is 1. The van der Waals surface area contributed by atoms with E-state index in [0.29, 0.717) is 30.2 Å². The number of hydrogen-bond donors (Lipinski definition) is 3. The van der Waals surface area contributed by atoms with Gasteiger partial charge in [-0.3, -0.25) is 4.79 Å². The average molecular weight is 388 g/mol. The van der Waals surface area contributed by atoms with Crippen molar-refractivity contribution in [2.24, 2.45) is 5.73 Å². The topological polar surface area (TPSA) is 119 Å². The van der Waals surface area contributed by atoms with Crippen LogP contribution >= 0.6 is 0 Å². The number of benzene rings is 1. The van der Waals surface area contributed by atoms with Crippen LogP contribution in [0, 0.1) is 0 Å². The molecule has 8 nitrogen and oxygen atoms in total. The van der Waals surface area contributed by atoms with Crippen molar-refractivity contribution in [1.82, 2.24) is 25.3 Å². The molecule has 0 unspecified atom stereocenters. The molecule has 4 aromatic rings. The summed E-state index contributed by atoms with van der Waals surface area (Å²) in [5.41, 5.74) is 9.40. The van der Waals surface area contributed by atoms with Crippen LogP contribution in [0.3, 0.4) is 0 Å². The first-order valence-corrected chi connectivity index (χ1v) is 9.15. The molecule has 0 spiro atoms. The molecule has 3 aromatic heterocycles. The lowest BCUT2D eigenvalue weighted by atomic mass is 10.1. The number of nitrogens with one attached hydrogen (secondary N) is 2. The van der Waals surface area contributed by atoms with Gasteiger partial charge >= 0.3 is 0 Å². The second-order valence-corrected chi connectivity index (χ2v) is 6.46. The van der Waals surface area contributed by atoms with Crippen LogP contribution in [0.5, 0.6) is 5.88 Å². The predicted octanol–water partition coefficient (Wildman–Crippen LogP) is 2.32. The maximum absolute atomic E-state index is 12.5. The lowest BCUT2D eigenvalue weighted by molar-refractivity contribution is 0.0950. The average Bonchev–Trinajstić information content (AvgIpc) is 3.19. The van der Waals surface area contributed by atoms with Crippen molar-refractivity contribution in [1.29, 1.82) is 0 Å². The minimum absolute atomic E-state index is 0.161. The maximum Gasteiger partial charge on any atom is 0.251 e. The number of nitrogens with two attached hydrogens (primary N) is 1. The van der Waals surface area contributed by atoms with Crippen molar-refractivity contribution in [3.8, 4) is 5.88 Å². The number of rotatable bonds is 7. The molecule has 4 rings (SSSR count). The third-order valence-electron chi connectivity index (χ3n) is 4.37. The van der Waals surface area contributed by atoms with Crippen LogP contribution in [-0.2, 0) is 19.7 Å². The van der Waals surface area contributed by atoms with Gasteiger partial charge in [0.2, 0.25) is 5.88 Å². The molecule has 146 valence electrons. The summed E-state index contributed by atoms with van der Waals surface area (Å²) >= 11 is 0. The van der Waals surface area contributed by atoms with Gasteiger partial charge < -0.3 is 20.8 Å². The molecule has 0 aliphatic heterocycles. The number of hydrogen-bond acceptors (Lipinski definition) is 6. The zero-order chi connectivity index (χ0) is 20.1. The van der Waals surface area contributed by atoms with Gasteiger partial charge in [0.15, 0.2) is 0 Å². The number of aromatic amines is 1. The first kappa shape index (κ1) is 18.6. The van der Waals surface area contributed by atoms with Crippen molar-refractivity contribution in [3.05, 3.63) is 83.6 Å².